The maximum absolute atomic E-state index is 12.1. The number of nitrogens with zero attached hydrogens (tertiary/aromatic N) is 3. The number of hydrogen-bond acceptors (Lipinski definition) is 3. The van der Waals surface area contributed by atoms with E-state index in [0.29, 0.717) is 13.0 Å². The van der Waals surface area contributed by atoms with Gasteiger partial charge in [0.05, 0.1) is 5.69 Å². The summed E-state index contributed by atoms with van der Waals surface area (Å²) in [5.41, 5.74) is 0.803. The molecule has 1 N–H and O–H groups in total. The highest BCUT2D eigenvalue weighted by Gasteiger charge is 2.30. The number of hydrogen-bond donors (Lipinski definition) is 1. The molecule has 1 amide bonds. The van der Waals surface area contributed by atoms with Crippen molar-refractivity contribution >= 4 is 18.0 Å². The van der Waals surface area contributed by atoms with Crippen molar-refractivity contribution in [1.82, 2.24) is 14.7 Å². The van der Waals surface area contributed by atoms with Crippen molar-refractivity contribution in [2.75, 3.05) is 6.54 Å². The number of carbonyl (C=O) groups is 2. The fraction of sp³-hybridized carbons (Fsp3) is 0.462. The molecule has 0 unspecified atom stereocenters. The molecule has 0 radical (unpaired) electrons. The molecule has 0 aromatic carbocycles. The molecule has 1 aromatic heterocycles. The van der Waals surface area contributed by atoms with Crippen molar-refractivity contribution in [1.29, 1.82) is 0 Å². The monoisotopic (exact) mass is 263 g/mol. The van der Waals surface area contributed by atoms with Crippen LogP contribution in [-0.2, 0) is 16.6 Å². The van der Waals surface area contributed by atoms with Crippen molar-refractivity contribution in [3.63, 3.8) is 0 Å². The number of aryl methyl sites for hydroxylation is 1. The topological polar surface area (TPSA) is 75.4 Å². The van der Waals surface area contributed by atoms with E-state index in [1.807, 2.05) is 0 Å². The summed E-state index contributed by atoms with van der Waals surface area (Å²) in [5.74, 6) is -1.18. The maximum atomic E-state index is 12.1. The first-order valence-corrected chi connectivity index (χ1v) is 6.29. The quantitative estimate of drug-likeness (QED) is 0.822. The minimum atomic E-state index is -0.929. The van der Waals surface area contributed by atoms with E-state index < -0.39 is 12.0 Å². The second kappa shape index (κ2) is 5.69. The summed E-state index contributed by atoms with van der Waals surface area (Å²) in [6, 6.07) is 1.09. The average Bonchev–Trinajstić information content (AvgIpc) is 2.81. The van der Waals surface area contributed by atoms with E-state index >= 15 is 0 Å². The molecule has 1 aromatic rings. The Hall–Kier alpha value is -2.11. The molecule has 0 spiro atoms. The summed E-state index contributed by atoms with van der Waals surface area (Å²) in [4.78, 5) is 24.6. The summed E-state index contributed by atoms with van der Waals surface area (Å²) in [7, 11) is 1.78. The van der Waals surface area contributed by atoms with Gasteiger partial charge in [-0.1, -0.05) is 0 Å². The van der Waals surface area contributed by atoms with E-state index in [0.717, 1.165) is 18.5 Å². The predicted octanol–water partition coefficient (Wildman–Crippen LogP) is 0.899. The highest BCUT2D eigenvalue weighted by Crippen LogP contribution is 2.17. The lowest BCUT2D eigenvalue weighted by atomic mass is 10.0. The van der Waals surface area contributed by atoms with E-state index in [1.165, 1.54) is 11.0 Å². The Balaban J connectivity index is 2.08. The van der Waals surface area contributed by atoms with Crippen LogP contribution in [0.25, 0.3) is 6.08 Å². The molecular weight excluding hydrogens is 246 g/mol. The largest absolute Gasteiger partial charge is 0.480 e. The van der Waals surface area contributed by atoms with Crippen LogP contribution >= 0.6 is 0 Å². The molecule has 1 aliphatic heterocycles. The number of rotatable bonds is 3. The van der Waals surface area contributed by atoms with Gasteiger partial charge in [0.15, 0.2) is 0 Å². The highest BCUT2D eigenvalue weighted by atomic mass is 16.4. The van der Waals surface area contributed by atoms with Crippen molar-refractivity contribution in [3.05, 3.63) is 24.0 Å². The van der Waals surface area contributed by atoms with E-state index in [2.05, 4.69) is 5.10 Å². The predicted molar refractivity (Wildman–Crippen MR) is 69.2 cm³/mol. The van der Waals surface area contributed by atoms with Gasteiger partial charge in [0, 0.05) is 25.9 Å². The third-order valence-electron chi connectivity index (χ3n) is 3.33. The molecule has 1 aliphatic rings. The van der Waals surface area contributed by atoms with Crippen molar-refractivity contribution in [2.24, 2.45) is 7.05 Å². The fourth-order valence-corrected chi connectivity index (χ4v) is 2.25. The molecule has 2 rings (SSSR count). The van der Waals surface area contributed by atoms with E-state index in [-0.39, 0.29) is 5.91 Å². The average molecular weight is 263 g/mol. The van der Waals surface area contributed by atoms with Gasteiger partial charge in [0.1, 0.15) is 6.04 Å². The molecule has 19 heavy (non-hydrogen) atoms. The number of aliphatic carboxylic acids is 1. The molecule has 1 fully saturated rings. The van der Waals surface area contributed by atoms with Crippen LogP contribution in [0.2, 0.25) is 0 Å². The number of carboxylic acid groups (broad SMARTS) is 1. The summed E-state index contributed by atoms with van der Waals surface area (Å²) < 4.78 is 1.65. The van der Waals surface area contributed by atoms with Crippen molar-refractivity contribution in [3.8, 4) is 0 Å². The maximum Gasteiger partial charge on any atom is 0.326 e. The Kier molecular flexibility index (Phi) is 3.99. The summed E-state index contributed by atoms with van der Waals surface area (Å²) >= 11 is 0. The second-order valence-corrected chi connectivity index (χ2v) is 4.59. The molecule has 0 aliphatic carbocycles. The summed E-state index contributed by atoms with van der Waals surface area (Å²) in [6.07, 6.45) is 6.95. The Morgan fingerprint density at radius 2 is 2.26 bits per heavy atom. The van der Waals surface area contributed by atoms with Gasteiger partial charge in [0.2, 0.25) is 5.91 Å². The lowest BCUT2D eigenvalue weighted by Crippen LogP contribution is -2.47. The molecule has 2 heterocycles. The number of amides is 1. The van der Waals surface area contributed by atoms with Crippen LogP contribution in [0, 0.1) is 0 Å². The second-order valence-electron chi connectivity index (χ2n) is 4.59. The molecule has 1 saturated heterocycles. The number of piperidine rings is 1. The van der Waals surface area contributed by atoms with Gasteiger partial charge < -0.3 is 10.0 Å². The van der Waals surface area contributed by atoms with Gasteiger partial charge in [-0.05, 0) is 31.4 Å². The van der Waals surface area contributed by atoms with Crippen LogP contribution in [0.4, 0.5) is 0 Å². The minimum Gasteiger partial charge on any atom is -0.480 e. The Labute approximate surface area is 111 Å². The van der Waals surface area contributed by atoms with Gasteiger partial charge in [-0.15, -0.1) is 0 Å². The normalized spacial score (nSPS) is 19.8. The Morgan fingerprint density at radius 1 is 1.47 bits per heavy atom. The first-order chi connectivity index (χ1) is 9.09. The molecule has 0 bridgehead atoms. The summed E-state index contributed by atoms with van der Waals surface area (Å²) in [5, 5.41) is 13.1. The van der Waals surface area contributed by atoms with Crippen molar-refractivity contribution in [2.45, 2.75) is 25.3 Å². The molecule has 0 saturated carbocycles. The standard InChI is InChI=1S/C13H17N3O3/c1-15-10(7-8-14-15)5-6-12(17)16-9-3-2-4-11(16)13(18)19/h5-8,11H,2-4,9H2,1H3,(H,18,19)/t11-/m0/s1. The molecule has 1 atom stereocenters. The number of aromatic nitrogens is 2. The van der Waals surface area contributed by atoms with E-state index in [9.17, 15) is 9.59 Å². The van der Waals surface area contributed by atoms with Gasteiger partial charge >= 0.3 is 5.97 Å². The number of carbonyl (C=O) groups excluding carboxylic acids is 1. The first kappa shape index (κ1) is 13.3. The number of carboxylic acids is 1. The highest BCUT2D eigenvalue weighted by molar-refractivity contribution is 5.94. The van der Waals surface area contributed by atoms with Crippen molar-refractivity contribution < 1.29 is 14.7 Å². The Bertz CT molecular complexity index is 507. The zero-order valence-electron chi connectivity index (χ0n) is 10.8. The van der Waals surface area contributed by atoms with Gasteiger partial charge in [-0.3, -0.25) is 9.48 Å². The fourth-order valence-electron chi connectivity index (χ4n) is 2.25. The lowest BCUT2D eigenvalue weighted by molar-refractivity contribution is -0.150. The van der Waals surface area contributed by atoms with E-state index in [4.69, 9.17) is 5.11 Å². The SMILES string of the molecule is Cn1nccc1C=CC(=O)N1CCCC[C@H]1C(=O)O. The molecule has 6 heteroatoms. The van der Waals surface area contributed by atoms with Crippen LogP contribution in [0.15, 0.2) is 18.3 Å². The van der Waals surface area contributed by atoms with Crippen LogP contribution < -0.4 is 0 Å². The van der Waals surface area contributed by atoms with Crippen LogP contribution in [0.5, 0.6) is 0 Å². The van der Waals surface area contributed by atoms with Gasteiger partial charge in [-0.25, -0.2) is 4.79 Å². The van der Waals surface area contributed by atoms with Gasteiger partial charge in [-0.2, -0.15) is 5.10 Å². The lowest BCUT2D eigenvalue weighted by Gasteiger charge is -2.32. The summed E-state index contributed by atoms with van der Waals surface area (Å²) in [6.45, 7) is 0.505. The van der Waals surface area contributed by atoms with Crippen LogP contribution in [-0.4, -0.2) is 44.3 Å². The molecule has 6 nitrogen and oxygen atoms in total. The smallest absolute Gasteiger partial charge is 0.326 e. The molecule has 102 valence electrons. The third-order valence-corrected chi connectivity index (χ3v) is 3.33. The zero-order chi connectivity index (χ0) is 13.8. The number of likely N-dealkylation sites (tertiary alicyclic amines) is 1. The Morgan fingerprint density at radius 3 is 2.89 bits per heavy atom. The van der Waals surface area contributed by atoms with Crippen LogP contribution in [0.1, 0.15) is 25.0 Å². The third kappa shape index (κ3) is 3.01. The first-order valence-electron chi connectivity index (χ1n) is 6.29. The van der Waals surface area contributed by atoms with E-state index in [1.54, 1.807) is 30.1 Å². The minimum absolute atomic E-state index is 0.256. The molecular formula is C13H17N3O3. The van der Waals surface area contributed by atoms with Crippen LogP contribution in [0.3, 0.4) is 0 Å². The van der Waals surface area contributed by atoms with Gasteiger partial charge in [0.25, 0.3) is 0 Å². The zero-order valence-corrected chi connectivity index (χ0v) is 10.8.